The van der Waals surface area contributed by atoms with Gasteiger partial charge in [0.25, 0.3) is 5.91 Å². The maximum atomic E-state index is 14.3. The molecule has 0 saturated heterocycles. The van der Waals surface area contributed by atoms with Gasteiger partial charge >= 0.3 is 5.97 Å². The van der Waals surface area contributed by atoms with Crippen molar-refractivity contribution in [1.82, 2.24) is 14.9 Å². The molecule has 1 amide bonds. The van der Waals surface area contributed by atoms with Crippen LogP contribution < -0.4 is 11.5 Å². The van der Waals surface area contributed by atoms with Crippen LogP contribution in [0.2, 0.25) is 0 Å². The van der Waals surface area contributed by atoms with Crippen molar-refractivity contribution in [1.29, 1.82) is 0 Å². The predicted octanol–water partition coefficient (Wildman–Crippen LogP) is 4.55. The molecule has 5 rings (SSSR count). The first kappa shape index (κ1) is 29.7. The molecule has 1 aromatic heterocycles. The SMILES string of the molecule is C[C@H](N)C(=O)OCc1cc(F)c(F)cc1-c1ccc2nc(N)nc(C(=O)N3Cc4ccccc4C3)c2c1.Cl.Cl. The second-order valence-electron chi connectivity index (χ2n) is 8.91. The van der Waals surface area contributed by atoms with Gasteiger partial charge in [-0.05, 0) is 53.4 Å². The molecule has 12 heteroatoms. The average Bonchev–Trinajstić information content (AvgIpc) is 3.32. The summed E-state index contributed by atoms with van der Waals surface area (Å²) in [7, 11) is 0. The van der Waals surface area contributed by atoms with Gasteiger partial charge in [-0.1, -0.05) is 30.3 Å². The van der Waals surface area contributed by atoms with Crippen molar-refractivity contribution >= 4 is 53.5 Å². The van der Waals surface area contributed by atoms with E-state index >= 15 is 0 Å². The van der Waals surface area contributed by atoms with Crippen LogP contribution in [0.3, 0.4) is 0 Å². The van der Waals surface area contributed by atoms with Crippen LogP contribution in [-0.4, -0.2) is 32.8 Å². The molecular weight excluding hydrogens is 551 g/mol. The number of aromatic nitrogens is 2. The molecule has 204 valence electrons. The van der Waals surface area contributed by atoms with Crippen LogP contribution in [0.5, 0.6) is 0 Å². The summed E-state index contributed by atoms with van der Waals surface area (Å²) < 4.78 is 33.5. The lowest BCUT2D eigenvalue weighted by molar-refractivity contribution is -0.146. The first-order valence-electron chi connectivity index (χ1n) is 11.5. The Balaban J connectivity index is 0.00000210. The fourth-order valence-electron chi connectivity index (χ4n) is 4.36. The molecule has 1 aliphatic heterocycles. The molecule has 0 bridgehead atoms. The van der Waals surface area contributed by atoms with Crippen LogP contribution in [0.1, 0.15) is 34.1 Å². The molecule has 1 atom stereocenters. The summed E-state index contributed by atoms with van der Waals surface area (Å²) in [6.45, 7) is 2.00. The van der Waals surface area contributed by atoms with Crippen molar-refractivity contribution in [2.45, 2.75) is 32.7 Å². The molecule has 4 N–H and O–H groups in total. The molecule has 3 aromatic carbocycles. The first-order valence-corrected chi connectivity index (χ1v) is 11.5. The Hall–Kier alpha value is -3.86. The quantitative estimate of drug-likeness (QED) is 0.334. The minimum atomic E-state index is -1.09. The molecule has 0 radical (unpaired) electrons. The second-order valence-corrected chi connectivity index (χ2v) is 8.91. The summed E-state index contributed by atoms with van der Waals surface area (Å²) in [4.78, 5) is 35.5. The number of ether oxygens (including phenoxy) is 1. The molecule has 4 aromatic rings. The average molecular weight is 576 g/mol. The largest absolute Gasteiger partial charge is 0.460 e. The van der Waals surface area contributed by atoms with E-state index in [0.29, 0.717) is 29.6 Å². The van der Waals surface area contributed by atoms with Gasteiger partial charge < -0.3 is 21.1 Å². The summed E-state index contributed by atoms with van der Waals surface area (Å²) >= 11 is 0. The summed E-state index contributed by atoms with van der Waals surface area (Å²) in [5.41, 5.74) is 15.0. The zero-order valence-corrected chi connectivity index (χ0v) is 22.3. The van der Waals surface area contributed by atoms with E-state index < -0.39 is 23.6 Å². The molecule has 1 aliphatic rings. The van der Waals surface area contributed by atoms with Gasteiger partial charge in [0, 0.05) is 24.0 Å². The molecule has 0 unspecified atom stereocenters. The highest BCUT2D eigenvalue weighted by Crippen LogP contribution is 2.32. The van der Waals surface area contributed by atoms with Crippen molar-refractivity contribution in [3.63, 3.8) is 0 Å². The summed E-state index contributed by atoms with van der Waals surface area (Å²) in [6, 6.07) is 13.8. The van der Waals surface area contributed by atoms with E-state index in [1.54, 1.807) is 23.1 Å². The van der Waals surface area contributed by atoms with Gasteiger partial charge in [0.1, 0.15) is 18.3 Å². The summed E-state index contributed by atoms with van der Waals surface area (Å²) in [6.07, 6.45) is 0. The molecule has 0 fully saturated rings. The van der Waals surface area contributed by atoms with Crippen LogP contribution in [0, 0.1) is 11.6 Å². The van der Waals surface area contributed by atoms with E-state index in [2.05, 4.69) is 9.97 Å². The van der Waals surface area contributed by atoms with Crippen molar-refractivity contribution in [2.24, 2.45) is 5.73 Å². The van der Waals surface area contributed by atoms with Gasteiger partial charge in [-0.3, -0.25) is 9.59 Å². The third kappa shape index (κ3) is 5.93. The Morgan fingerprint density at radius 1 is 1.00 bits per heavy atom. The molecule has 39 heavy (non-hydrogen) atoms. The van der Waals surface area contributed by atoms with E-state index in [1.807, 2.05) is 24.3 Å². The minimum Gasteiger partial charge on any atom is -0.460 e. The van der Waals surface area contributed by atoms with Gasteiger partial charge in [0.2, 0.25) is 5.95 Å². The standard InChI is InChI=1S/C27H23F2N5O3.2ClH/c1-14(30)26(36)37-13-18-9-21(28)22(29)10-19(18)15-6-7-23-20(8-15)24(33-27(31)32-23)25(35)34-11-16-4-2-3-5-17(16)12-34;;/h2-10,14H,11-13,30H2,1H3,(H2,31,32,33);2*1H/t14-;;/m0../s1. The lowest BCUT2D eigenvalue weighted by Crippen LogP contribution is -2.28. The Morgan fingerprint density at radius 3 is 2.28 bits per heavy atom. The van der Waals surface area contributed by atoms with Crippen LogP contribution in [0.25, 0.3) is 22.0 Å². The molecule has 2 heterocycles. The van der Waals surface area contributed by atoms with E-state index in [9.17, 15) is 18.4 Å². The Labute approximate surface area is 235 Å². The smallest absolute Gasteiger partial charge is 0.322 e. The van der Waals surface area contributed by atoms with E-state index in [-0.39, 0.29) is 60.1 Å². The number of fused-ring (bicyclic) bond motifs is 2. The number of carbonyl (C=O) groups is 2. The predicted molar refractivity (Wildman–Crippen MR) is 147 cm³/mol. The van der Waals surface area contributed by atoms with Crippen LogP contribution in [0.15, 0.2) is 54.6 Å². The maximum Gasteiger partial charge on any atom is 0.322 e. The fraction of sp³-hybridized carbons (Fsp3) is 0.185. The van der Waals surface area contributed by atoms with Crippen molar-refractivity contribution in [2.75, 3.05) is 5.73 Å². The van der Waals surface area contributed by atoms with Gasteiger partial charge in [-0.15, -0.1) is 24.8 Å². The molecule has 0 aliphatic carbocycles. The number of nitrogen functional groups attached to an aromatic ring is 1. The van der Waals surface area contributed by atoms with Gasteiger partial charge in [-0.2, -0.15) is 0 Å². The third-order valence-electron chi connectivity index (χ3n) is 6.24. The monoisotopic (exact) mass is 575 g/mol. The first-order chi connectivity index (χ1) is 17.7. The zero-order valence-electron chi connectivity index (χ0n) is 20.7. The highest BCUT2D eigenvalue weighted by Gasteiger charge is 2.27. The molecule has 8 nitrogen and oxygen atoms in total. The topological polar surface area (TPSA) is 124 Å². The van der Waals surface area contributed by atoms with Crippen molar-refractivity contribution < 1.29 is 23.1 Å². The van der Waals surface area contributed by atoms with Gasteiger partial charge in [0.15, 0.2) is 11.6 Å². The number of halogens is 4. The van der Waals surface area contributed by atoms with Crippen LogP contribution in [-0.2, 0) is 29.2 Å². The fourth-order valence-corrected chi connectivity index (χ4v) is 4.36. The number of carbonyl (C=O) groups excluding carboxylic acids is 2. The third-order valence-corrected chi connectivity index (χ3v) is 6.24. The molecule has 0 saturated carbocycles. The summed E-state index contributed by atoms with van der Waals surface area (Å²) in [5, 5.41) is 0.399. The normalized spacial score (nSPS) is 12.8. The maximum absolute atomic E-state index is 14.3. The Bertz CT molecular complexity index is 1540. The number of anilines is 1. The zero-order chi connectivity index (χ0) is 26.3. The van der Waals surface area contributed by atoms with Crippen LogP contribution >= 0.6 is 24.8 Å². The number of hydrogen-bond acceptors (Lipinski definition) is 7. The van der Waals surface area contributed by atoms with Crippen LogP contribution in [0.4, 0.5) is 14.7 Å². The number of nitrogens with zero attached hydrogens (tertiary/aromatic N) is 3. The summed E-state index contributed by atoms with van der Waals surface area (Å²) in [5.74, 6) is -3.23. The number of hydrogen-bond donors (Lipinski definition) is 2. The molecular formula is C27H25Cl2F2N5O3. The van der Waals surface area contributed by atoms with Crippen molar-refractivity contribution in [3.05, 3.63) is 88.6 Å². The Morgan fingerprint density at radius 2 is 1.64 bits per heavy atom. The van der Waals surface area contributed by atoms with Gasteiger partial charge in [0.05, 0.1) is 5.52 Å². The number of benzene rings is 3. The number of esters is 1. The van der Waals surface area contributed by atoms with E-state index in [4.69, 9.17) is 16.2 Å². The molecule has 0 spiro atoms. The lowest BCUT2D eigenvalue weighted by atomic mass is 9.97. The number of amides is 1. The number of rotatable bonds is 5. The lowest BCUT2D eigenvalue weighted by Gasteiger charge is -2.17. The minimum absolute atomic E-state index is 0. The van der Waals surface area contributed by atoms with Gasteiger partial charge in [-0.25, -0.2) is 18.7 Å². The number of nitrogens with two attached hydrogens (primary N) is 2. The second kappa shape index (κ2) is 11.9. The van der Waals surface area contributed by atoms with E-state index in [0.717, 1.165) is 23.3 Å². The Kier molecular flexibility index (Phi) is 9.06. The van der Waals surface area contributed by atoms with E-state index in [1.165, 1.54) is 6.92 Å². The highest BCUT2D eigenvalue weighted by atomic mass is 35.5. The van der Waals surface area contributed by atoms with Crippen molar-refractivity contribution in [3.8, 4) is 11.1 Å². The highest BCUT2D eigenvalue weighted by molar-refractivity contribution is 6.06.